The molecule has 0 bridgehead atoms. The van der Waals surface area contributed by atoms with Crippen LogP contribution >= 0.6 is 0 Å². The van der Waals surface area contributed by atoms with Crippen LogP contribution in [0.3, 0.4) is 0 Å². The normalized spacial score (nSPS) is 17.0. The smallest absolute Gasteiger partial charge is 0.191 e. The van der Waals surface area contributed by atoms with Crippen LogP contribution in [0, 0.1) is 5.41 Å². The monoisotopic (exact) mass is 341 g/mol. The maximum Gasteiger partial charge on any atom is 0.191 e. The summed E-state index contributed by atoms with van der Waals surface area (Å²) in [4.78, 5) is 4.66. The van der Waals surface area contributed by atoms with Crippen LogP contribution in [-0.2, 0) is 4.74 Å². The lowest BCUT2D eigenvalue weighted by atomic mass is 9.93. The molecule has 1 rings (SSSR count). The van der Waals surface area contributed by atoms with E-state index in [1.54, 1.807) is 0 Å². The van der Waals surface area contributed by atoms with Crippen molar-refractivity contribution in [3.05, 3.63) is 0 Å². The molecule has 3 N–H and O–H groups in total. The van der Waals surface area contributed by atoms with Crippen LogP contribution < -0.4 is 10.6 Å². The van der Waals surface area contributed by atoms with Crippen molar-refractivity contribution < 1.29 is 9.84 Å². The maximum absolute atomic E-state index is 10.7. The van der Waals surface area contributed by atoms with Gasteiger partial charge in [-0.25, -0.2) is 0 Å². The molecule has 142 valence electrons. The van der Waals surface area contributed by atoms with E-state index in [0.717, 1.165) is 64.4 Å². The van der Waals surface area contributed by atoms with Crippen molar-refractivity contribution in [1.82, 2.24) is 10.6 Å². The Morgan fingerprint density at radius 2 is 1.79 bits per heavy atom. The molecule has 0 unspecified atom stereocenters. The molecule has 1 saturated carbocycles. The summed E-state index contributed by atoms with van der Waals surface area (Å²) in [6.45, 7) is 12.2. The second-order valence-electron chi connectivity index (χ2n) is 7.22. The molecular weight excluding hydrogens is 302 g/mol. The summed E-state index contributed by atoms with van der Waals surface area (Å²) in [7, 11) is 0. The maximum atomic E-state index is 10.7. The van der Waals surface area contributed by atoms with Crippen LogP contribution in [0.15, 0.2) is 4.99 Å². The molecule has 1 aliphatic carbocycles. The summed E-state index contributed by atoms with van der Waals surface area (Å²) < 4.78 is 5.50. The minimum Gasteiger partial charge on any atom is -0.388 e. The third-order valence-corrected chi connectivity index (χ3v) is 4.88. The van der Waals surface area contributed by atoms with Crippen LogP contribution in [0.1, 0.15) is 72.6 Å². The molecule has 0 saturated heterocycles. The second-order valence-corrected chi connectivity index (χ2v) is 7.22. The highest BCUT2D eigenvalue weighted by atomic mass is 16.5. The number of hydrogen-bond donors (Lipinski definition) is 3. The average molecular weight is 342 g/mol. The SMILES string of the molecule is CCCC(O)(CCC)CN=C(NCC)NCC1(CCOCC)CC1. The lowest BCUT2D eigenvalue weighted by molar-refractivity contribution is 0.0306. The first-order chi connectivity index (χ1) is 11.5. The van der Waals surface area contributed by atoms with E-state index in [1.165, 1.54) is 12.8 Å². The quantitative estimate of drug-likeness (QED) is 0.274. The number of rotatable bonds is 13. The largest absolute Gasteiger partial charge is 0.388 e. The van der Waals surface area contributed by atoms with Gasteiger partial charge in [0.05, 0.1) is 12.1 Å². The molecule has 5 heteroatoms. The summed E-state index contributed by atoms with van der Waals surface area (Å²) in [6.07, 6.45) is 7.23. The van der Waals surface area contributed by atoms with E-state index in [1.807, 2.05) is 6.92 Å². The molecular formula is C19H39N3O2. The third-order valence-electron chi connectivity index (χ3n) is 4.88. The van der Waals surface area contributed by atoms with Gasteiger partial charge in [-0.1, -0.05) is 26.7 Å². The van der Waals surface area contributed by atoms with Gasteiger partial charge in [0, 0.05) is 26.3 Å². The predicted octanol–water partition coefficient (Wildman–Crippen LogP) is 3.08. The Balaban J connectivity index is 2.52. The molecule has 0 radical (unpaired) electrons. The number of ether oxygens (including phenoxy) is 1. The Bertz CT molecular complexity index is 362. The molecule has 0 amide bonds. The number of guanidine groups is 1. The van der Waals surface area contributed by atoms with Crippen molar-refractivity contribution in [2.45, 2.75) is 78.2 Å². The third kappa shape index (κ3) is 7.84. The summed E-state index contributed by atoms with van der Waals surface area (Å²) >= 11 is 0. The number of hydrogen-bond acceptors (Lipinski definition) is 3. The van der Waals surface area contributed by atoms with Crippen LogP contribution in [0.4, 0.5) is 0 Å². The van der Waals surface area contributed by atoms with Crippen molar-refractivity contribution in [1.29, 1.82) is 0 Å². The van der Waals surface area contributed by atoms with Crippen molar-refractivity contribution in [2.24, 2.45) is 10.4 Å². The number of nitrogens with one attached hydrogen (secondary N) is 2. The lowest BCUT2D eigenvalue weighted by Crippen LogP contribution is -2.42. The summed E-state index contributed by atoms with van der Waals surface area (Å²) in [5, 5.41) is 17.5. The van der Waals surface area contributed by atoms with E-state index in [4.69, 9.17) is 4.74 Å². The van der Waals surface area contributed by atoms with Crippen LogP contribution in [0.25, 0.3) is 0 Å². The molecule has 0 aliphatic heterocycles. The first-order valence-electron chi connectivity index (χ1n) is 9.85. The lowest BCUT2D eigenvalue weighted by Gasteiger charge is -2.26. The molecule has 1 fully saturated rings. The van der Waals surface area contributed by atoms with Gasteiger partial charge >= 0.3 is 0 Å². The fourth-order valence-corrected chi connectivity index (χ4v) is 3.18. The standard InChI is InChI=1S/C19H39N3O2/c1-5-9-19(23,10-6-2)16-22-17(20-7-3)21-15-18(11-12-18)13-14-24-8-4/h23H,5-16H2,1-4H3,(H2,20,21,22). The Labute approximate surface area is 148 Å². The first-order valence-corrected chi connectivity index (χ1v) is 9.85. The average Bonchev–Trinajstić information content (AvgIpc) is 3.31. The van der Waals surface area contributed by atoms with Gasteiger partial charge < -0.3 is 20.5 Å². The molecule has 0 atom stereocenters. The van der Waals surface area contributed by atoms with Gasteiger partial charge in [0.1, 0.15) is 0 Å². The molecule has 1 aliphatic rings. The highest BCUT2D eigenvalue weighted by Gasteiger charge is 2.42. The van der Waals surface area contributed by atoms with Crippen LogP contribution in [0.2, 0.25) is 0 Å². The minimum absolute atomic E-state index is 0.383. The predicted molar refractivity (Wildman–Crippen MR) is 102 cm³/mol. The van der Waals surface area contributed by atoms with Crippen LogP contribution in [0.5, 0.6) is 0 Å². The zero-order chi connectivity index (χ0) is 17.9. The highest BCUT2D eigenvalue weighted by molar-refractivity contribution is 5.79. The molecule has 0 aromatic heterocycles. The highest BCUT2D eigenvalue weighted by Crippen LogP contribution is 2.48. The fourth-order valence-electron chi connectivity index (χ4n) is 3.18. The van der Waals surface area contributed by atoms with Crippen molar-refractivity contribution >= 4 is 5.96 Å². The molecule has 5 nitrogen and oxygen atoms in total. The van der Waals surface area contributed by atoms with E-state index in [0.29, 0.717) is 12.0 Å². The molecule has 0 aromatic rings. The molecule has 0 heterocycles. The number of nitrogens with zero attached hydrogens (tertiary/aromatic N) is 1. The van der Waals surface area contributed by atoms with E-state index in [9.17, 15) is 5.11 Å². The Hall–Kier alpha value is -0.810. The van der Waals surface area contributed by atoms with Gasteiger partial charge in [-0.2, -0.15) is 0 Å². The topological polar surface area (TPSA) is 65.9 Å². The summed E-state index contributed by atoms with van der Waals surface area (Å²) in [6, 6.07) is 0. The van der Waals surface area contributed by atoms with Gasteiger partial charge in [0.15, 0.2) is 5.96 Å². The minimum atomic E-state index is -0.669. The zero-order valence-corrected chi connectivity index (χ0v) is 16.3. The van der Waals surface area contributed by atoms with Gasteiger partial charge in [-0.3, -0.25) is 4.99 Å². The first kappa shape index (κ1) is 21.2. The van der Waals surface area contributed by atoms with E-state index in [-0.39, 0.29) is 0 Å². The Morgan fingerprint density at radius 3 is 2.29 bits per heavy atom. The summed E-state index contributed by atoms with van der Waals surface area (Å²) in [5.41, 5.74) is -0.285. The van der Waals surface area contributed by atoms with Gasteiger partial charge in [0.2, 0.25) is 0 Å². The van der Waals surface area contributed by atoms with Gasteiger partial charge in [-0.05, 0) is 51.4 Å². The zero-order valence-electron chi connectivity index (χ0n) is 16.3. The summed E-state index contributed by atoms with van der Waals surface area (Å²) in [5.74, 6) is 0.825. The number of aliphatic imine (C=N–C) groups is 1. The number of aliphatic hydroxyl groups is 1. The van der Waals surface area contributed by atoms with Crippen molar-refractivity contribution in [2.75, 3.05) is 32.8 Å². The fraction of sp³-hybridized carbons (Fsp3) is 0.947. The van der Waals surface area contributed by atoms with E-state index >= 15 is 0 Å². The molecule has 0 spiro atoms. The van der Waals surface area contributed by atoms with Crippen molar-refractivity contribution in [3.8, 4) is 0 Å². The van der Waals surface area contributed by atoms with Crippen molar-refractivity contribution in [3.63, 3.8) is 0 Å². The van der Waals surface area contributed by atoms with E-state index in [2.05, 4.69) is 36.4 Å². The van der Waals surface area contributed by atoms with Gasteiger partial charge in [-0.15, -0.1) is 0 Å². The Kier molecular flexibility index (Phi) is 9.67. The molecule has 24 heavy (non-hydrogen) atoms. The van der Waals surface area contributed by atoms with Crippen LogP contribution in [-0.4, -0.2) is 49.5 Å². The molecule has 0 aromatic carbocycles. The Morgan fingerprint density at radius 1 is 1.12 bits per heavy atom. The van der Waals surface area contributed by atoms with E-state index < -0.39 is 5.60 Å². The second kappa shape index (κ2) is 10.9. The van der Waals surface area contributed by atoms with Gasteiger partial charge in [0.25, 0.3) is 0 Å².